The van der Waals surface area contributed by atoms with Crippen molar-refractivity contribution >= 4 is 45.5 Å². The molecular formula is C10H18Sr. The Kier molecular flexibility index (Phi) is 35.7. The summed E-state index contributed by atoms with van der Waals surface area (Å²) in [6.07, 6.45) is 11.2. The van der Waals surface area contributed by atoms with Gasteiger partial charge in [-0.15, -0.1) is 0 Å². The molecule has 0 saturated carbocycles. The Morgan fingerprint density at radius 2 is 1.09 bits per heavy atom. The van der Waals surface area contributed by atoms with E-state index in [4.69, 9.17) is 0 Å². The average Bonchev–Trinajstić information content (AvgIpc) is 1.93. The first kappa shape index (κ1) is 17.5. The fourth-order valence-corrected chi connectivity index (χ4v) is 0.272. The zero-order valence-corrected chi connectivity index (χ0v) is 6.88. The van der Waals surface area contributed by atoms with Crippen LogP contribution in [0.4, 0.5) is 0 Å². The fraction of sp³-hybridized carbons (Fsp3) is 0.200. The van der Waals surface area contributed by atoms with Crippen LogP contribution in [0.25, 0.3) is 0 Å². The van der Waals surface area contributed by atoms with Crippen LogP contribution in [-0.4, -0.2) is 45.5 Å². The third kappa shape index (κ3) is 37.7. The normalized spacial score (nSPS) is 8.18. The topological polar surface area (TPSA) is 0 Å². The molecule has 0 aromatic heterocycles. The van der Waals surface area contributed by atoms with E-state index in [1.807, 2.05) is 38.2 Å². The van der Waals surface area contributed by atoms with E-state index in [1.54, 1.807) is 12.2 Å². The van der Waals surface area contributed by atoms with Gasteiger partial charge >= 0.3 is 45.5 Å². The summed E-state index contributed by atoms with van der Waals surface area (Å²) >= 11 is 0. The van der Waals surface area contributed by atoms with E-state index in [0.717, 1.165) is 0 Å². The van der Waals surface area contributed by atoms with Gasteiger partial charge in [0.05, 0.1) is 0 Å². The molecule has 0 bridgehead atoms. The Morgan fingerprint density at radius 1 is 0.818 bits per heavy atom. The van der Waals surface area contributed by atoms with Gasteiger partial charge in [0, 0.05) is 0 Å². The van der Waals surface area contributed by atoms with Crippen LogP contribution >= 0.6 is 0 Å². The van der Waals surface area contributed by atoms with Gasteiger partial charge in [0.2, 0.25) is 0 Å². The first-order chi connectivity index (χ1) is 4.83. The standard InChI is InChI=1S/2C5H8.Sr.2H/c2*1-3-5-4-2;;;/h2*3-5H,1H2,2H3;;;/b2*5-4+;;;. The molecule has 0 aliphatic carbocycles. The van der Waals surface area contributed by atoms with Gasteiger partial charge in [0.15, 0.2) is 0 Å². The molecule has 0 amide bonds. The number of hydrogen-bond acceptors (Lipinski definition) is 0. The number of allylic oxidation sites excluding steroid dienone is 6. The molecule has 0 unspecified atom stereocenters. The van der Waals surface area contributed by atoms with E-state index in [-0.39, 0.29) is 45.5 Å². The fourth-order valence-electron chi connectivity index (χ4n) is 0.272. The zero-order valence-electron chi connectivity index (χ0n) is 6.88. The molecule has 0 nitrogen and oxygen atoms in total. The molecule has 0 atom stereocenters. The molecule has 0 radical (unpaired) electrons. The van der Waals surface area contributed by atoms with Crippen LogP contribution in [0.1, 0.15) is 13.8 Å². The van der Waals surface area contributed by atoms with Crippen LogP contribution in [-0.2, 0) is 0 Å². The first-order valence-corrected chi connectivity index (χ1v) is 3.30. The van der Waals surface area contributed by atoms with Gasteiger partial charge in [-0.25, -0.2) is 0 Å². The molecule has 0 saturated heterocycles. The Morgan fingerprint density at radius 3 is 1.09 bits per heavy atom. The predicted octanol–water partition coefficient (Wildman–Crippen LogP) is 2.58. The van der Waals surface area contributed by atoms with Crippen molar-refractivity contribution in [1.29, 1.82) is 0 Å². The molecule has 0 aliphatic heterocycles. The van der Waals surface area contributed by atoms with E-state index >= 15 is 0 Å². The van der Waals surface area contributed by atoms with Gasteiger partial charge in [-0.1, -0.05) is 49.6 Å². The summed E-state index contributed by atoms with van der Waals surface area (Å²) in [4.78, 5) is 0. The van der Waals surface area contributed by atoms with Crippen LogP contribution in [0, 0.1) is 0 Å². The third-order valence-electron chi connectivity index (χ3n) is 0.657. The van der Waals surface area contributed by atoms with Gasteiger partial charge in [0.1, 0.15) is 0 Å². The molecule has 0 aliphatic rings. The van der Waals surface area contributed by atoms with E-state index < -0.39 is 0 Å². The zero-order chi connectivity index (χ0) is 8.24. The molecule has 0 rings (SSSR count). The minimum absolute atomic E-state index is 0. The van der Waals surface area contributed by atoms with E-state index in [1.165, 1.54) is 0 Å². The minimum atomic E-state index is 0. The summed E-state index contributed by atoms with van der Waals surface area (Å²) in [5.74, 6) is 0. The second-order valence-electron chi connectivity index (χ2n) is 1.52. The third-order valence-corrected chi connectivity index (χ3v) is 0.657. The van der Waals surface area contributed by atoms with Gasteiger partial charge in [-0.05, 0) is 13.8 Å². The molecule has 0 aromatic rings. The van der Waals surface area contributed by atoms with E-state index in [2.05, 4.69) is 13.2 Å². The van der Waals surface area contributed by atoms with Gasteiger partial charge < -0.3 is 0 Å². The molecular weight excluding hydrogens is 208 g/mol. The van der Waals surface area contributed by atoms with E-state index in [9.17, 15) is 0 Å². The van der Waals surface area contributed by atoms with Crippen molar-refractivity contribution in [2.24, 2.45) is 0 Å². The Balaban J connectivity index is -0.000000107. The monoisotopic (exact) mass is 226 g/mol. The molecule has 0 spiro atoms. The van der Waals surface area contributed by atoms with Crippen molar-refractivity contribution in [3.63, 3.8) is 0 Å². The summed E-state index contributed by atoms with van der Waals surface area (Å²) < 4.78 is 0. The Bertz CT molecular complexity index is 105. The van der Waals surface area contributed by atoms with Gasteiger partial charge in [0.25, 0.3) is 0 Å². The molecule has 1 heteroatoms. The summed E-state index contributed by atoms with van der Waals surface area (Å²) in [7, 11) is 0. The Hall–Kier alpha value is 0.441. The average molecular weight is 226 g/mol. The molecule has 0 aromatic carbocycles. The van der Waals surface area contributed by atoms with Crippen LogP contribution in [0.3, 0.4) is 0 Å². The number of rotatable bonds is 2. The number of hydrogen-bond donors (Lipinski definition) is 0. The van der Waals surface area contributed by atoms with Crippen LogP contribution < -0.4 is 0 Å². The summed E-state index contributed by atoms with van der Waals surface area (Å²) in [5.41, 5.74) is 0. The summed E-state index contributed by atoms with van der Waals surface area (Å²) in [6.45, 7) is 10.8. The van der Waals surface area contributed by atoms with Gasteiger partial charge in [-0.2, -0.15) is 0 Å². The summed E-state index contributed by atoms with van der Waals surface area (Å²) in [5, 5.41) is 0. The molecule has 0 heterocycles. The molecule has 0 fully saturated rings. The maximum absolute atomic E-state index is 3.46. The van der Waals surface area contributed by atoms with Crippen LogP contribution in [0.2, 0.25) is 0 Å². The Labute approximate surface area is 108 Å². The van der Waals surface area contributed by atoms with Crippen molar-refractivity contribution in [1.82, 2.24) is 0 Å². The quantitative estimate of drug-likeness (QED) is 0.501. The van der Waals surface area contributed by atoms with E-state index in [0.29, 0.717) is 0 Å². The van der Waals surface area contributed by atoms with Crippen molar-refractivity contribution < 1.29 is 0 Å². The second-order valence-corrected chi connectivity index (χ2v) is 1.52. The van der Waals surface area contributed by atoms with Crippen molar-refractivity contribution in [3.05, 3.63) is 49.6 Å². The molecule has 60 valence electrons. The second kappa shape index (κ2) is 22.4. The van der Waals surface area contributed by atoms with Crippen molar-refractivity contribution in [2.45, 2.75) is 13.8 Å². The van der Waals surface area contributed by atoms with Crippen LogP contribution in [0.5, 0.6) is 0 Å². The molecule has 11 heavy (non-hydrogen) atoms. The SMILES string of the molecule is C=C/C=C/C.C=C/C=C/C.[SrH2]. The van der Waals surface area contributed by atoms with Crippen molar-refractivity contribution in [3.8, 4) is 0 Å². The van der Waals surface area contributed by atoms with Gasteiger partial charge in [-0.3, -0.25) is 0 Å². The molecule has 0 N–H and O–H groups in total. The first-order valence-electron chi connectivity index (χ1n) is 3.30. The predicted molar refractivity (Wildman–Crippen MR) is 58.6 cm³/mol. The van der Waals surface area contributed by atoms with Crippen molar-refractivity contribution in [2.75, 3.05) is 0 Å². The summed E-state index contributed by atoms with van der Waals surface area (Å²) in [6, 6.07) is 0. The maximum atomic E-state index is 3.46. The van der Waals surface area contributed by atoms with Crippen LogP contribution in [0.15, 0.2) is 49.6 Å².